The van der Waals surface area contributed by atoms with E-state index in [0.717, 1.165) is 21.7 Å². The van der Waals surface area contributed by atoms with Gasteiger partial charge < -0.3 is 5.32 Å². The van der Waals surface area contributed by atoms with Gasteiger partial charge in [-0.3, -0.25) is 0 Å². The summed E-state index contributed by atoms with van der Waals surface area (Å²) >= 11 is 5.93. The molecular weight excluding hydrogens is 282 g/mol. The number of rotatable bonds is 3. The van der Waals surface area contributed by atoms with Crippen molar-refractivity contribution in [1.29, 1.82) is 0 Å². The lowest BCUT2D eigenvalue weighted by Crippen LogP contribution is -2.08. The van der Waals surface area contributed by atoms with Crippen LogP contribution in [-0.4, -0.2) is 9.97 Å². The Bertz CT molecular complexity index is 769. The van der Waals surface area contributed by atoms with Gasteiger partial charge in [0, 0.05) is 16.5 Å². The normalized spacial score (nSPS) is 12.3. The Labute approximate surface area is 129 Å². The second-order valence-electron chi connectivity index (χ2n) is 5.16. The van der Waals surface area contributed by atoms with Gasteiger partial charge in [-0.2, -0.15) is 0 Å². The highest BCUT2D eigenvalue weighted by Crippen LogP contribution is 2.25. The molecule has 0 aliphatic carbocycles. The van der Waals surface area contributed by atoms with Crippen LogP contribution in [0.15, 0.2) is 48.8 Å². The zero-order chi connectivity index (χ0) is 14.8. The molecular formula is C17H16ClN3. The highest BCUT2D eigenvalue weighted by Gasteiger charge is 2.09. The second kappa shape index (κ2) is 5.70. The minimum Gasteiger partial charge on any atom is -0.363 e. The summed E-state index contributed by atoms with van der Waals surface area (Å²) in [4.78, 5) is 8.69. The van der Waals surface area contributed by atoms with Crippen molar-refractivity contribution in [3.8, 4) is 0 Å². The lowest BCUT2D eigenvalue weighted by molar-refractivity contribution is 0.876. The van der Waals surface area contributed by atoms with Crippen LogP contribution in [0.5, 0.6) is 0 Å². The van der Waals surface area contributed by atoms with Crippen LogP contribution >= 0.6 is 11.6 Å². The van der Waals surface area contributed by atoms with Crippen molar-refractivity contribution in [2.45, 2.75) is 19.9 Å². The summed E-state index contributed by atoms with van der Waals surface area (Å²) < 4.78 is 0. The molecule has 1 aromatic heterocycles. The molecule has 1 atom stereocenters. The molecule has 0 saturated heterocycles. The maximum Gasteiger partial charge on any atom is 0.137 e. The zero-order valence-corrected chi connectivity index (χ0v) is 12.7. The van der Waals surface area contributed by atoms with E-state index in [1.807, 2.05) is 30.3 Å². The second-order valence-corrected chi connectivity index (χ2v) is 5.60. The van der Waals surface area contributed by atoms with Gasteiger partial charge in [-0.15, -0.1) is 0 Å². The van der Waals surface area contributed by atoms with Gasteiger partial charge >= 0.3 is 0 Å². The number of halogens is 1. The van der Waals surface area contributed by atoms with Crippen LogP contribution in [0.4, 0.5) is 5.82 Å². The van der Waals surface area contributed by atoms with E-state index >= 15 is 0 Å². The van der Waals surface area contributed by atoms with Crippen molar-refractivity contribution in [3.05, 3.63) is 64.9 Å². The lowest BCUT2D eigenvalue weighted by Gasteiger charge is -2.16. The zero-order valence-electron chi connectivity index (χ0n) is 12.0. The minimum atomic E-state index is 0.140. The molecule has 1 N–H and O–H groups in total. The van der Waals surface area contributed by atoms with Crippen LogP contribution in [0.3, 0.4) is 0 Å². The molecule has 1 unspecified atom stereocenters. The lowest BCUT2D eigenvalue weighted by atomic mass is 10.1. The Morgan fingerprint density at radius 3 is 2.57 bits per heavy atom. The van der Waals surface area contributed by atoms with Crippen LogP contribution in [0.1, 0.15) is 24.1 Å². The highest BCUT2D eigenvalue weighted by atomic mass is 35.5. The molecule has 3 aromatic rings. The van der Waals surface area contributed by atoms with Gasteiger partial charge in [-0.05, 0) is 43.7 Å². The van der Waals surface area contributed by atoms with Gasteiger partial charge in [-0.25, -0.2) is 9.97 Å². The molecule has 0 fully saturated rings. The Balaban J connectivity index is 1.94. The summed E-state index contributed by atoms with van der Waals surface area (Å²) in [6, 6.07) is 14.2. The summed E-state index contributed by atoms with van der Waals surface area (Å²) in [5.74, 6) is 0.853. The third-order valence-corrected chi connectivity index (χ3v) is 3.77. The first kappa shape index (κ1) is 13.8. The summed E-state index contributed by atoms with van der Waals surface area (Å²) in [6.07, 6.45) is 1.59. The van der Waals surface area contributed by atoms with E-state index in [-0.39, 0.29) is 6.04 Å². The molecule has 106 valence electrons. The number of aromatic nitrogens is 2. The number of benzene rings is 2. The van der Waals surface area contributed by atoms with Crippen LogP contribution < -0.4 is 5.32 Å². The monoisotopic (exact) mass is 297 g/mol. The molecule has 0 amide bonds. The number of hydrogen-bond acceptors (Lipinski definition) is 3. The number of nitrogens with one attached hydrogen (secondary N) is 1. The largest absolute Gasteiger partial charge is 0.363 e. The molecule has 21 heavy (non-hydrogen) atoms. The average molecular weight is 298 g/mol. The van der Waals surface area contributed by atoms with Crippen molar-refractivity contribution in [1.82, 2.24) is 9.97 Å². The maximum atomic E-state index is 5.93. The molecule has 0 aliphatic heterocycles. The van der Waals surface area contributed by atoms with Gasteiger partial charge in [0.05, 0.1) is 5.52 Å². The van der Waals surface area contributed by atoms with E-state index < -0.39 is 0 Å². The smallest absolute Gasteiger partial charge is 0.137 e. The fourth-order valence-electron chi connectivity index (χ4n) is 2.33. The van der Waals surface area contributed by atoms with E-state index in [1.54, 1.807) is 6.33 Å². The first-order valence-electron chi connectivity index (χ1n) is 6.87. The van der Waals surface area contributed by atoms with E-state index in [2.05, 4.69) is 41.3 Å². The number of nitrogens with zero attached hydrogens (tertiary/aromatic N) is 2. The number of anilines is 1. The summed E-state index contributed by atoms with van der Waals surface area (Å²) in [7, 11) is 0. The van der Waals surface area contributed by atoms with E-state index in [0.29, 0.717) is 0 Å². The average Bonchev–Trinajstić information content (AvgIpc) is 2.48. The molecule has 1 heterocycles. The van der Waals surface area contributed by atoms with Crippen molar-refractivity contribution in [3.63, 3.8) is 0 Å². The molecule has 0 bridgehead atoms. The quantitative estimate of drug-likeness (QED) is 0.757. The third-order valence-electron chi connectivity index (χ3n) is 3.51. The molecule has 3 rings (SSSR count). The van der Waals surface area contributed by atoms with Crippen LogP contribution in [-0.2, 0) is 0 Å². The molecule has 4 heteroatoms. The third kappa shape index (κ3) is 2.98. The topological polar surface area (TPSA) is 37.8 Å². The van der Waals surface area contributed by atoms with Gasteiger partial charge in [0.1, 0.15) is 12.1 Å². The molecule has 0 radical (unpaired) electrons. The van der Waals surface area contributed by atoms with Crippen molar-refractivity contribution < 1.29 is 0 Å². The Kier molecular flexibility index (Phi) is 3.76. The van der Waals surface area contributed by atoms with E-state index in [9.17, 15) is 0 Å². The fourth-order valence-corrected chi connectivity index (χ4v) is 2.45. The SMILES string of the molecule is Cc1ccc2ncnc(NC(C)c3ccc(Cl)cc3)c2c1. The molecule has 0 saturated carbocycles. The molecule has 3 nitrogen and oxygen atoms in total. The Morgan fingerprint density at radius 1 is 1.05 bits per heavy atom. The fraction of sp³-hybridized carbons (Fsp3) is 0.176. The Morgan fingerprint density at radius 2 is 1.81 bits per heavy atom. The predicted octanol–water partition coefficient (Wildman–Crippen LogP) is 4.76. The maximum absolute atomic E-state index is 5.93. The molecule has 2 aromatic carbocycles. The van der Waals surface area contributed by atoms with Crippen LogP contribution in [0.25, 0.3) is 10.9 Å². The van der Waals surface area contributed by atoms with Crippen LogP contribution in [0.2, 0.25) is 5.02 Å². The van der Waals surface area contributed by atoms with Crippen molar-refractivity contribution >= 4 is 28.3 Å². The highest BCUT2D eigenvalue weighted by molar-refractivity contribution is 6.30. The van der Waals surface area contributed by atoms with Gasteiger partial charge in [0.25, 0.3) is 0 Å². The number of aryl methyl sites for hydroxylation is 1. The standard InChI is InChI=1S/C17H16ClN3/c1-11-3-8-16-15(9-11)17(20-10-19-16)21-12(2)13-4-6-14(18)7-5-13/h3-10,12H,1-2H3,(H,19,20,21). The predicted molar refractivity (Wildman–Crippen MR) is 87.8 cm³/mol. The number of fused-ring (bicyclic) bond motifs is 1. The van der Waals surface area contributed by atoms with E-state index in [4.69, 9.17) is 11.6 Å². The number of hydrogen-bond donors (Lipinski definition) is 1. The minimum absolute atomic E-state index is 0.140. The summed E-state index contributed by atoms with van der Waals surface area (Å²) in [6.45, 7) is 4.17. The van der Waals surface area contributed by atoms with Gasteiger partial charge in [-0.1, -0.05) is 35.4 Å². The molecule has 0 spiro atoms. The van der Waals surface area contributed by atoms with Gasteiger partial charge in [0.15, 0.2) is 0 Å². The Hall–Kier alpha value is -2.13. The first-order chi connectivity index (χ1) is 10.1. The summed E-state index contributed by atoms with van der Waals surface area (Å²) in [5.41, 5.74) is 3.31. The van der Waals surface area contributed by atoms with Crippen molar-refractivity contribution in [2.24, 2.45) is 0 Å². The summed E-state index contributed by atoms with van der Waals surface area (Å²) in [5, 5.41) is 5.24. The van der Waals surface area contributed by atoms with Crippen LogP contribution in [0, 0.1) is 6.92 Å². The van der Waals surface area contributed by atoms with E-state index in [1.165, 1.54) is 11.1 Å². The molecule has 0 aliphatic rings. The van der Waals surface area contributed by atoms with Crippen molar-refractivity contribution in [2.75, 3.05) is 5.32 Å². The first-order valence-corrected chi connectivity index (χ1v) is 7.24. The van der Waals surface area contributed by atoms with Gasteiger partial charge in [0.2, 0.25) is 0 Å².